The lowest BCUT2D eigenvalue weighted by Crippen LogP contribution is -2.35. The number of hydrogen-bond acceptors (Lipinski definition) is 3. The first-order valence-corrected chi connectivity index (χ1v) is 9.48. The van der Waals surface area contributed by atoms with Crippen molar-refractivity contribution in [2.75, 3.05) is 0 Å². The number of carboxylic acids is 1. The Kier molecular flexibility index (Phi) is 4.38. The number of halogens is 2. The maximum Gasteiger partial charge on any atom is 0.341 e. The summed E-state index contributed by atoms with van der Waals surface area (Å²) in [6, 6.07) is 7.25. The predicted molar refractivity (Wildman–Crippen MR) is 108 cm³/mol. The summed E-state index contributed by atoms with van der Waals surface area (Å²) in [6.45, 7) is 6.54. The van der Waals surface area contributed by atoms with Crippen LogP contribution in [0.3, 0.4) is 0 Å². The van der Waals surface area contributed by atoms with Crippen LogP contribution >= 0.6 is 11.6 Å². The molecule has 0 bridgehead atoms. The van der Waals surface area contributed by atoms with Crippen molar-refractivity contribution in [3.05, 3.63) is 63.2 Å². The maximum atomic E-state index is 14.4. The second-order valence-corrected chi connectivity index (χ2v) is 8.63. The second kappa shape index (κ2) is 6.56. The van der Waals surface area contributed by atoms with Crippen LogP contribution < -0.4 is 5.43 Å². The van der Waals surface area contributed by atoms with E-state index in [1.54, 1.807) is 16.8 Å². The fourth-order valence-electron chi connectivity index (χ4n) is 3.74. The second-order valence-electron chi connectivity index (χ2n) is 8.22. The van der Waals surface area contributed by atoms with Crippen LogP contribution in [-0.4, -0.2) is 25.4 Å². The largest absolute Gasteiger partial charge is 0.477 e. The molecule has 1 N–H and O–H groups in total. The monoisotopic (exact) mass is 415 g/mol. The summed E-state index contributed by atoms with van der Waals surface area (Å²) < 4.78 is 18.0. The number of hydrogen-bond donors (Lipinski definition) is 1. The summed E-state index contributed by atoms with van der Waals surface area (Å²) in [5, 5.41) is 14.2. The molecule has 1 aromatic carbocycles. The predicted octanol–water partition coefficient (Wildman–Crippen LogP) is 4.47. The molecule has 0 radical (unpaired) electrons. The van der Waals surface area contributed by atoms with Crippen molar-refractivity contribution >= 4 is 17.6 Å². The molecular weight excluding hydrogens is 397 g/mol. The van der Waals surface area contributed by atoms with E-state index in [1.807, 2.05) is 25.3 Å². The standard InChI is InChI=1S/C21H19ClFN3O3/c1-21(2,3)18-10-26-16(15-8-17(27)11(20(28)29)9-25(15)18)7-14(24-26)19-12(22)5-4-6-13(19)23/h4-9,18H,10H2,1-3H3,(H,28,29)/t18-/m0/s1. The first kappa shape index (κ1) is 19.4. The number of pyridine rings is 1. The Morgan fingerprint density at radius 2 is 2.00 bits per heavy atom. The van der Waals surface area contributed by atoms with E-state index in [2.05, 4.69) is 5.10 Å². The van der Waals surface area contributed by atoms with Crippen LogP contribution in [0.15, 0.2) is 41.3 Å². The molecule has 2 aromatic heterocycles. The summed E-state index contributed by atoms with van der Waals surface area (Å²) >= 11 is 6.20. The molecule has 150 valence electrons. The minimum Gasteiger partial charge on any atom is -0.477 e. The van der Waals surface area contributed by atoms with Gasteiger partial charge in [-0.3, -0.25) is 9.48 Å². The highest BCUT2D eigenvalue weighted by atomic mass is 35.5. The van der Waals surface area contributed by atoms with Gasteiger partial charge in [0.2, 0.25) is 0 Å². The number of fused-ring (bicyclic) bond motifs is 3. The van der Waals surface area contributed by atoms with Gasteiger partial charge < -0.3 is 9.67 Å². The number of nitrogens with zero attached hydrogens (tertiary/aromatic N) is 3. The first-order chi connectivity index (χ1) is 13.6. The average molecular weight is 416 g/mol. The molecule has 0 unspecified atom stereocenters. The third-order valence-corrected chi connectivity index (χ3v) is 5.57. The number of aromatic nitrogens is 3. The van der Waals surface area contributed by atoms with E-state index in [4.69, 9.17) is 11.6 Å². The molecule has 1 aliphatic rings. The fourth-order valence-corrected chi connectivity index (χ4v) is 4.00. The highest BCUT2D eigenvalue weighted by Crippen LogP contribution is 2.41. The van der Waals surface area contributed by atoms with E-state index < -0.39 is 17.2 Å². The van der Waals surface area contributed by atoms with E-state index in [0.717, 1.165) is 0 Å². The third kappa shape index (κ3) is 3.15. The number of aromatic carboxylic acids is 1. The molecule has 3 aromatic rings. The molecule has 1 atom stereocenters. The van der Waals surface area contributed by atoms with E-state index in [9.17, 15) is 19.1 Å². The van der Waals surface area contributed by atoms with Gasteiger partial charge in [-0.1, -0.05) is 38.4 Å². The van der Waals surface area contributed by atoms with Crippen LogP contribution in [0.4, 0.5) is 4.39 Å². The Hall–Kier alpha value is -2.93. The Morgan fingerprint density at radius 3 is 2.62 bits per heavy atom. The molecule has 8 heteroatoms. The summed E-state index contributed by atoms with van der Waals surface area (Å²) in [5.41, 5.74) is 0.577. The topological polar surface area (TPSA) is 77.1 Å². The highest BCUT2D eigenvalue weighted by Gasteiger charge is 2.34. The molecule has 29 heavy (non-hydrogen) atoms. The summed E-state index contributed by atoms with van der Waals surface area (Å²) in [4.78, 5) is 23.9. The van der Waals surface area contributed by atoms with Crippen LogP contribution in [0, 0.1) is 11.2 Å². The number of carbonyl (C=O) groups is 1. The lowest BCUT2D eigenvalue weighted by atomic mass is 9.85. The van der Waals surface area contributed by atoms with Gasteiger partial charge in [0, 0.05) is 12.3 Å². The van der Waals surface area contributed by atoms with Gasteiger partial charge >= 0.3 is 5.97 Å². The SMILES string of the molecule is CC(C)(C)[C@@H]1Cn2nc(-c3c(F)cccc3Cl)cc2-c2cc(=O)c(C(=O)O)cn21. The number of rotatable bonds is 2. The van der Waals surface area contributed by atoms with Crippen molar-refractivity contribution in [2.24, 2.45) is 5.41 Å². The van der Waals surface area contributed by atoms with Gasteiger partial charge in [0.05, 0.1) is 40.3 Å². The minimum atomic E-state index is -1.27. The van der Waals surface area contributed by atoms with E-state index in [0.29, 0.717) is 23.6 Å². The summed E-state index contributed by atoms with van der Waals surface area (Å²) in [5.74, 6) is -1.75. The van der Waals surface area contributed by atoms with Gasteiger partial charge in [-0.25, -0.2) is 9.18 Å². The lowest BCUT2D eigenvalue weighted by Gasteiger charge is -2.38. The third-order valence-electron chi connectivity index (χ3n) is 5.25. The molecule has 3 heterocycles. The van der Waals surface area contributed by atoms with Gasteiger partial charge in [0.25, 0.3) is 0 Å². The van der Waals surface area contributed by atoms with Gasteiger partial charge in [-0.15, -0.1) is 0 Å². The summed E-state index contributed by atoms with van der Waals surface area (Å²) in [6.07, 6.45) is 1.39. The zero-order valence-corrected chi connectivity index (χ0v) is 16.9. The molecule has 0 saturated heterocycles. The van der Waals surface area contributed by atoms with Crippen LogP contribution in [0.5, 0.6) is 0 Å². The quantitative estimate of drug-likeness (QED) is 0.669. The van der Waals surface area contributed by atoms with Crippen molar-refractivity contribution in [3.63, 3.8) is 0 Å². The highest BCUT2D eigenvalue weighted by molar-refractivity contribution is 6.33. The van der Waals surface area contributed by atoms with Crippen molar-refractivity contribution in [1.29, 1.82) is 0 Å². The molecule has 1 aliphatic heterocycles. The maximum absolute atomic E-state index is 14.4. The fraction of sp³-hybridized carbons (Fsp3) is 0.286. The van der Waals surface area contributed by atoms with E-state index >= 15 is 0 Å². The van der Waals surface area contributed by atoms with Crippen molar-refractivity contribution in [2.45, 2.75) is 33.4 Å². The smallest absolute Gasteiger partial charge is 0.341 e. The zero-order chi connectivity index (χ0) is 21.1. The van der Waals surface area contributed by atoms with Gasteiger partial charge in [0.1, 0.15) is 11.4 Å². The molecule has 0 amide bonds. The van der Waals surface area contributed by atoms with Gasteiger partial charge in [-0.2, -0.15) is 5.10 Å². The molecule has 0 saturated carbocycles. The van der Waals surface area contributed by atoms with Gasteiger partial charge in [-0.05, 0) is 23.6 Å². The molecule has 0 fully saturated rings. The van der Waals surface area contributed by atoms with Crippen molar-refractivity contribution in [1.82, 2.24) is 14.3 Å². The van der Waals surface area contributed by atoms with Gasteiger partial charge in [0.15, 0.2) is 5.43 Å². The normalized spacial score (nSPS) is 15.7. The first-order valence-electron chi connectivity index (χ1n) is 9.10. The van der Waals surface area contributed by atoms with Crippen LogP contribution in [0.25, 0.3) is 22.6 Å². The van der Waals surface area contributed by atoms with E-state index in [1.165, 1.54) is 24.4 Å². The summed E-state index contributed by atoms with van der Waals surface area (Å²) in [7, 11) is 0. The lowest BCUT2D eigenvalue weighted by molar-refractivity contribution is 0.0693. The average Bonchev–Trinajstić information content (AvgIpc) is 3.03. The van der Waals surface area contributed by atoms with E-state index in [-0.39, 0.29) is 27.6 Å². The van der Waals surface area contributed by atoms with Crippen LogP contribution in [-0.2, 0) is 6.54 Å². The molecule has 0 aliphatic carbocycles. The van der Waals surface area contributed by atoms with Crippen molar-refractivity contribution in [3.8, 4) is 22.6 Å². The number of carboxylic acid groups (broad SMARTS) is 1. The van der Waals surface area contributed by atoms with Crippen LogP contribution in [0.2, 0.25) is 5.02 Å². The Morgan fingerprint density at radius 1 is 1.28 bits per heavy atom. The van der Waals surface area contributed by atoms with Crippen LogP contribution in [0.1, 0.15) is 37.2 Å². The Labute approximate surface area is 171 Å². The molecule has 4 rings (SSSR count). The molecular formula is C21H19ClFN3O3. The zero-order valence-electron chi connectivity index (χ0n) is 16.1. The van der Waals surface area contributed by atoms with Crippen molar-refractivity contribution < 1.29 is 14.3 Å². The Balaban J connectivity index is 1.98. The molecule has 6 nitrogen and oxygen atoms in total. The number of benzene rings is 1. The minimum absolute atomic E-state index is 0.160. The molecule has 0 spiro atoms. The Bertz CT molecular complexity index is 1190.